The summed E-state index contributed by atoms with van der Waals surface area (Å²) in [5.74, 6) is -0.657. The SMILES string of the molecule is C/C(=N\OCC(C)NC(=O)c1cn(C)nc1C(F)F)c1ccc(Cl)cc1Cl. The first-order valence-corrected chi connectivity index (χ1v) is 8.69. The molecule has 0 saturated heterocycles. The summed E-state index contributed by atoms with van der Waals surface area (Å²) in [7, 11) is 1.47. The fourth-order valence-electron chi connectivity index (χ4n) is 2.26. The third kappa shape index (κ3) is 5.64. The van der Waals surface area contributed by atoms with Crippen molar-refractivity contribution in [3.05, 3.63) is 51.3 Å². The molecule has 146 valence electrons. The predicted octanol–water partition coefficient (Wildman–Crippen LogP) is 4.22. The number of hydrogen-bond donors (Lipinski definition) is 1. The summed E-state index contributed by atoms with van der Waals surface area (Å²) in [5.41, 5.74) is 0.457. The Bertz CT molecular complexity index is 855. The van der Waals surface area contributed by atoms with Crippen molar-refractivity contribution in [2.24, 2.45) is 12.2 Å². The van der Waals surface area contributed by atoms with Gasteiger partial charge in [-0.05, 0) is 26.0 Å². The number of amides is 1. The van der Waals surface area contributed by atoms with E-state index in [1.54, 1.807) is 32.0 Å². The highest BCUT2D eigenvalue weighted by atomic mass is 35.5. The molecule has 1 heterocycles. The van der Waals surface area contributed by atoms with Crippen LogP contribution in [0.4, 0.5) is 8.78 Å². The molecule has 1 amide bonds. The molecule has 0 radical (unpaired) electrons. The number of carbonyl (C=O) groups is 1. The van der Waals surface area contributed by atoms with Gasteiger partial charge in [-0.25, -0.2) is 8.78 Å². The van der Waals surface area contributed by atoms with Gasteiger partial charge in [0.25, 0.3) is 12.3 Å². The molecular weight excluding hydrogens is 401 g/mol. The van der Waals surface area contributed by atoms with Crippen LogP contribution in [0.25, 0.3) is 0 Å². The predicted molar refractivity (Wildman–Crippen MR) is 99.7 cm³/mol. The minimum atomic E-state index is -2.84. The average Bonchev–Trinajstić information content (AvgIpc) is 2.97. The Hall–Kier alpha value is -2.19. The van der Waals surface area contributed by atoms with Crippen molar-refractivity contribution in [1.29, 1.82) is 0 Å². The molecule has 1 N–H and O–H groups in total. The lowest BCUT2D eigenvalue weighted by Crippen LogP contribution is -2.35. The Kier molecular flexibility index (Phi) is 7.15. The number of oxime groups is 1. The first-order chi connectivity index (χ1) is 12.7. The number of benzene rings is 1. The molecule has 1 aromatic heterocycles. The van der Waals surface area contributed by atoms with Gasteiger partial charge in [-0.1, -0.05) is 34.4 Å². The molecule has 0 bridgehead atoms. The number of nitrogens with one attached hydrogen (secondary N) is 1. The maximum Gasteiger partial charge on any atom is 0.282 e. The molecule has 0 aliphatic heterocycles. The molecule has 6 nitrogen and oxygen atoms in total. The molecule has 2 aromatic rings. The highest BCUT2D eigenvalue weighted by molar-refractivity contribution is 6.36. The Labute approximate surface area is 165 Å². The summed E-state index contributed by atoms with van der Waals surface area (Å²) in [5, 5.41) is 11.1. The molecule has 0 spiro atoms. The number of alkyl halides is 2. The highest BCUT2D eigenvalue weighted by Gasteiger charge is 2.23. The van der Waals surface area contributed by atoms with Crippen molar-refractivity contribution in [2.75, 3.05) is 6.61 Å². The smallest absolute Gasteiger partial charge is 0.282 e. The van der Waals surface area contributed by atoms with E-state index in [9.17, 15) is 13.6 Å². The van der Waals surface area contributed by atoms with E-state index in [0.717, 1.165) is 0 Å². The van der Waals surface area contributed by atoms with E-state index >= 15 is 0 Å². The summed E-state index contributed by atoms with van der Waals surface area (Å²) >= 11 is 11.9. The summed E-state index contributed by atoms with van der Waals surface area (Å²) in [6.07, 6.45) is -1.59. The molecule has 1 aromatic carbocycles. The van der Waals surface area contributed by atoms with E-state index in [-0.39, 0.29) is 12.2 Å². The fraction of sp³-hybridized carbons (Fsp3) is 0.353. The number of nitrogens with zero attached hydrogens (tertiary/aromatic N) is 3. The molecule has 0 aliphatic rings. The molecule has 27 heavy (non-hydrogen) atoms. The van der Waals surface area contributed by atoms with E-state index in [0.29, 0.717) is 21.3 Å². The Morgan fingerprint density at radius 2 is 2.07 bits per heavy atom. The number of carbonyl (C=O) groups excluding carboxylic acids is 1. The van der Waals surface area contributed by atoms with Crippen molar-refractivity contribution in [3.8, 4) is 0 Å². The zero-order valence-electron chi connectivity index (χ0n) is 14.8. The number of halogens is 4. The second-order valence-corrected chi connectivity index (χ2v) is 6.72. The lowest BCUT2D eigenvalue weighted by Gasteiger charge is -2.13. The molecular formula is C17H18Cl2F2N4O2. The van der Waals surface area contributed by atoms with Gasteiger partial charge in [0.2, 0.25) is 0 Å². The first kappa shape index (κ1) is 21.1. The minimum absolute atomic E-state index is 0.0402. The van der Waals surface area contributed by atoms with Crippen LogP contribution in [-0.2, 0) is 11.9 Å². The van der Waals surface area contributed by atoms with Gasteiger partial charge in [0.05, 0.1) is 22.3 Å². The second kappa shape index (κ2) is 9.14. The molecule has 2 rings (SSSR count). The summed E-state index contributed by atoms with van der Waals surface area (Å²) in [4.78, 5) is 17.4. The van der Waals surface area contributed by atoms with Crippen LogP contribution in [0.3, 0.4) is 0 Å². The van der Waals surface area contributed by atoms with Crippen LogP contribution in [-0.4, -0.2) is 34.0 Å². The lowest BCUT2D eigenvalue weighted by molar-refractivity contribution is 0.0855. The molecule has 0 fully saturated rings. The van der Waals surface area contributed by atoms with Gasteiger partial charge >= 0.3 is 0 Å². The standard InChI is InChI=1S/C17H18Cl2F2N4O2/c1-9(22-17(26)13-7-25(3)23-15(13)16(20)21)8-27-24-10(2)12-5-4-11(18)6-14(12)19/h4-7,9,16H,8H2,1-3H3,(H,22,26)/b24-10+. The maximum absolute atomic E-state index is 12.9. The highest BCUT2D eigenvalue weighted by Crippen LogP contribution is 2.22. The van der Waals surface area contributed by atoms with Crippen LogP contribution in [0.15, 0.2) is 29.6 Å². The number of aryl methyl sites for hydroxylation is 1. The van der Waals surface area contributed by atoms with Gasteiger partial charge in [-0.2, -0.15) is 5.10 Å². The van der Waals surface area contributed by atoms with Gasteiger partial charge in [-0.15, -0.1) is 0 Å². The normalized spacial score (nSPS) is 13.0. The minimum Gasteiger partial charge on any atom is -0.393 e. The van der Waals surface area contributed by atoms with Crippen LogP contribution in [0.1, 0.15) is 41.9 Å². The Morgan fingerprint density at radius 3 is 2.70 bits per heavy atom. The molecule has 1 unspecified atom stereocenters. The van der Waals surface area contributed by atoms with Crippen LogP contribution in [0.5, 0.6) is 0 Å². The zero-order chi connectivity index (χ0) is 20.1. The second-order valence-electron chi connectivity index (χ2n) is 5.87. The summed E-state index contributed by atoms with van der Waals surface area (Å²) in [6, 6.07) is 4.51. The van der Waals surface area contributed by atoms with Crippen LogP contribution in [0.2, 0.25) is 10.0 Å². The van der Waals surface area contributed by atoms with E-state index in [1.165, 1.54) is 17.9 Å². The van der Waals surface area contributed by atoms with Gasteiger partial charge in [0.15, 0.2) is 0 Å². The van der Waals surface area contributed by atoms with Gasteiger partial charge in [0, 0.05) is 23.8 Å². The molecule has 10 heteroatoms. The van der Waals surface area contributed by atoms with Crippen LogP contribution < -0.4 is 5.32 Å². The maximum atomic E-state index is 12.9. The van der Waals surface area contributed by atoms with Crippen LogP contribution in [0, 0.1) is 0 Å². The molecule has 1 atom stereocenters. The average molecular weight is 419 g/mol. The third-order valence-corrected chi connectivity index (χ3v) is 4.08. The number of aromatic nitrogens is 2. The fourth-order valence-corrected chi connectivity index (χ4v) is 2.81. The largest absolute Gasteiger partial charge is 0.393 e. The summed E-state index contributed by atoms with van der Waals surface area (Å²) < 4.78 is 27.0. The third-order valence-electron chi connectivity index (χ3n) is 3.53. The monoisotopic (exact) mass is 418 g/mol. The van der Waals surface area contributed by atoms with E-state index < -0.39 is 24.1 Å². The Balaban J connectivity index is 1.94. The van der Waals surface area contributed by atoms with E-state index in [2.05, 4.69) is 15.6 Å². The zero-order valence-corrected chi connectivity index (χ0v) is 16.4. The van der Waals surface area contributed by atoms with Gasteiger partial charge < -0.3 is 10.2 Å². The quantitative estimate of drug-likeness (QED) is 0.540. The van der Waals surface area contributed by atoms with Gasteiger partial charge in [0.1, 0.15) is 12.3 Å². The number of hydrogen-bond acceptors (Lipinski definition) is 4. The van der Waals surface area contributed by atoms with Crippen LogP contribution >= 0.6 is 23.2 Å². The molecule has 0 aliphatic carbocycles. The first-order valence-electron chi connectivity index (χ1n) is 7.93. The van der Waals surface area contributed by atoms with Crippen molar-refractivity contribution in [2.45, 2.75) is 26.3 Å². The molecule has 0 saturated carbocycles. The van der Waals surface area contributed by atoms with E-state index in [1.807, 2.05) is 0 Å². The van der Waals surface area contributed by atoms with Crippen molar-refractivity contribution < 1.29 is 18.4 Å². The Morgan fingerprint density at radius 1 is 1.37 bits per heavy atom. The topological polar surface area (TPSA) is 68.5 Å². The summed E-state index contributed by atoms with van der Waals surface area (Å²) in [6.45, 7) is 3.41. The number of rotatable bonds is 7. The van der Waals surface area contributed by atoms with Crippen molar-refractivity contribution >= 4 is 34.8 Å². The van der Waals surface area contributed by atoms with Crippen molar-refractivity contribution in [3.63, 3.8) is 0 Å². The lowest BCUT2D eigenvalue weighted by atomic mass is 10.1. The van der Waals surface area contributed by atoms with E-state index in [4.69, 9.17) is 28.0 Å². The van der Waals surface area contributed by atoms with Crippen molar-refractivity contribution in [1.82, 2.24) is 15.1 Å². The van der Waals surface area contributed by atoms with Gasteiger partial charge in [-0.3, -0.25) is 9.48 Å².